The lowest BCUT2D eigenvalue weighted by molar-refractivity contribution is -0.391. The van der Waals surface area contributed by atoms with Crippen molar-refractivity contribution in [2.24, 2.45) is 0 Å². The van der Waals surface area contributed by atoms with Crippen LogP contribution in [-0.2, 0) is 51.4 Å². The summed E-state index contributed by atoms with van der Waals surface area (Å²) in [6.45, 7) is -1.19. The largest absolute Gasteiger partial charge is 0.491 e. The van der Waals surface area contributed by atoms with Crippen LogP contribution in [0.2, 0.25) is 0 Å². The molecule has 0 unspecified atom stereocenters. The molecule has 518 valence electrons. The highest BCUT2D eigenvalue weighted by Gasteiger charge is 2.59. The fourth-order valence-corrected chi connectivity index (χ4v) is 9.41. The molecule has 4 aromatic rings. The van der Waals surface area contributed by atoms with Gasteiger partial charge in [-0.15, -0.1) is 0 Å². The number of hydroxylamine groups is 4. The Bertz CT molecular complexity index is 2870. The number of hydrogen-bond donors (Lipinski definition) is 20. The van der Waals surface area contributed by atoms with Crippen molar-refractivity contribution in [3.8, 4) is 11.5 Å². The van der Waals surface area contributed by atoms with Crippen LogP contribution in [0.4, 0.5) is 0 Å². The first-order valence-corrected chi connectivity index (χ1v) is 29.6. The normalized spacial score (nSPS) is 26.4. The number of hydrogen-bond acceptors (Lipinski definition) is 28. The van der Waals surface area contributed by atoms with Crippen LogP contribution in [0, 0.1) is 0 Å². The second-order valence-corrected chi connectivity index (χ2v) is 22.2. The third-order valence-electron chi connectivity index (χ3n) is 15.3. The number of aliphatic hydroxyl groups excluding tert-OH is 16. The van der Waals surface area contributed by atoms with E-state index in [1.807, 2.05) is 0 Å². The highest BCUT2D eigenvalue weighted by molar-refractivity contribution is 5.93. The summed E-state index contributed by atoms with van der Waals surface area (Å²) in [6.07, 6.45) is -31.9. The van der Waals surface area contributed by atoms with Crippen molar-refractivity contribution >= 4 is 35.8 Å². The van der Waals surface area contributed by atoms with E-state index in [4.69, 9.17) is 28.6 Å². The lowest BCUT2D eigenvalue weighted by Crippen LogP contribution is -2.74. The molecule has 0 spiro atoms. The van der Waals surface area contributed by atoms with Gasteiger partial charge in [0.15, 0.2) is 12.2 Å². The number of rotatable bonds is 33. The summed E-state index contributed by atoms with van der Waals surface area (Å²) in [5, 5.41) is 197. The van der Waals surface area contributed by atoms with Gasteiger partial charge in [-0.05, 0) is 71.5 Å². The summed E-state index contributed by atoms with van der Waals surface area (Å²) in [7, 11) is 0. The molecular weight excluding hydrogens is 1250 g/mol. The molecule has 94 heavy (non-hydrogen) atoms. The number of amides is 4. The predicted molar refractivity (Wildman–Crippen MR) is 320 cm³/mol. The second kappa shape index (κ2) is 35.1. The highest BCUT2D eigenvalue weighted by Crippen LogP contribution is 2.33. The van der Waals surface area contributed by atoms with Crippen molar-refractivity contribution in [3.05, 3.63) is 144 Å². The van der Waals surface area contributed by atoms with Crippen molar-refractivity contribution in [2.45, 2.75) is 161 Å². The molecule has 0 aromatic heterocycles. The molecule has 2 aliphatic heterocycles. The zero-order chi connectivity index (χ0) is 69.2. The van der Waals surface area contributed by atoms with Crippen LogP contribution < -0.4 is 20.1 Å². The first kappa shape index (κ1) is 76.0. The molecule has 4 amide bonds. The van der Waals surface area contributed by atoms with Crippen molar-refractivity contribution in [3.63, 3.8) is 0 Å². The highest BCUT2D eigenvalue weighted by atomic mass is 16.8. The number of nitrogens with zero attached hydrogens (tertiary/aromatic N) is 2. The predicted octanol–water partition coefficient (Wildman–Crippen LogP) is -5.99. The molecule has 4 aromatic carbocycles. The molecule has 2 aliphatic rings. The monoisotopic (exact) mass is 1330 g/mol. The SMILES string of the molecule is CC[C@@H](O)[C@H](O)[C@H](O)C(=O)N(Cc1ccccc1)O[C@H]1O[C@H](CO)[C@@H](O)[C@H](O)[C@@]1(O)NC(=O)/C=C/c1ccc(OC[C@@H](O)[C@H](O)[C@H](O)[C@@H](O)COc2ccc(/C=C/C(=O)N[C@@]3(O)[C@@H](ON(Cc4ccccc4)C(=O)[C@@H](O)[C@@H](O)[C@H](O)CC)O[C@H](CO)[C@@H](O)[C@@H]3O)cc2)cc1. The third-order valence-corrected chi connectivity index (χ3v) is 15.3. The van der Waals surface area contributed by atoms with E-state index in [0.29, 0.717) is 32.4 Å². The molecule has 20 N–H and O–H groups in total. The average Bonchev–Trinajstić information content (AvgIpc) is 0.769. The van der Waals surface area contributed by atoms with Crippen LogP contribution in [0.3, 0.4) is 0 Å². The zero-order valence-electron chi connectivity index (χ0n) is 50.8. The van der Waals surface area contributed by atoms with Crippen LogP contribution in [0.5, 0.6) is 11.5 Å². The van der Waals surface area contributed by atoms with Gasteiger partial charge in [0, 0.05) is 12.2 Å². The van der Waals surface area contributed by atoms with E-state index < -0.39 is 185 Å². The van der Waals surface area contributed by atoms with Gasteiger partial charge >= 0.3 is 0 Å². The molecular formula is C62H82N4O28. The average molecular weight is 1330 g/mol. The first-order chi connectivity index (χ1) is 44.6. The van der Waals surface area contributed by atoms with E-state index >= 15 is 0 Å². The zero-order valence-corrected chi connectivity index (χ0v) is 50.8. The summed E-state index contributed by atoms with van der Waals surface area (Å²) in [6, 6.07) is 27.1. The summed E-state index contributed by atoms with van der Waals surface area (Å²) in [5.41, 5.74) is -4.79. The number of carbonyl (C=O) groups is 4. The minimum Gasteiger partial charge on any atom is -0.491 e. The number of carbonyl (C=O) groups excluding carboxylic acids is 4. The number of aliphatic hydroxyl groups is 18. The molecule has 20 atom stereocenters. The molecule has 6 rings (SSSR count). The molecule has 2 heterocycles. The molecule has 2 fully saturated rings. The Balaban J connectivity index is 1.01. The lowest BCUT2D eigenvalue weighted by Gasteiger charge is -2.48. The molecule has 0 saturated carbocycles. The lowest BCUT2D eigenvalue weighted by atomic mass is 9.93. The van der Waals surface area contributed by atoms with Gasteiger partial charge < -0.3 is 121 Å². The summed E-state index contributed by atoms with van der Waals surface area (Å²) >= 11 is 0. The smallest absolute Gasteiger partial charge is 0.278 e. The van der Waals surface area contributed by atoms with E-state index in [9.17, 15) is 111 Å². The van der Waals surface area contributed by atoms with Crippen molar-refractivity contribution in [1.29, 1.82) is 0 Å². The van der Waals surface area contributed by atoms with Crippen LogP contribution in [0.25, 0.3) is 12.2 Å². The quantitative estimate of drug-likeness (QED) is 0.0120. The minimum absolute atomic E-state index is 0.0671. The van der Waals surface area contributed by atoms with Gasteiger partial charge in [0.2, 0.25) is 35.8 Å². The summed E-state index contributed by atoms with van der Waals surface area (Å²) in [5.74, 6) is -4.76. The Morgan fingerprint density at radius 1 is 0.500 bits per heavy atom. The van der Waals surface area contributed by atoms with Gasteiger partial charge in [0.25, 0.3) is 11.8 Å². The van der Waals surface area contributed by atoms with E-state index in [2.05, 4.69) is 10.6 Å². The van der Waals surface area contributed by atoms with Crippen LogP contribution in [-0.4, -0.2) is 274 Å². The van der Waals surface area contributed by atoms with E-state index in [1.54, 1.807) is 60.7 Å². The number of ether oxygens (including phenoxy) is 4. The second-order valence-electron chi connectivity index (χ2n) is 22.2. The number of benzene rings is 4. The molecule has 32 nitrogen and oxygen atoms in total. The molecule has 0 radical (unpaired) electrons. The van der Waals surface area contributed by atoms with Gasteiger partial charge in [-0.2, -0.15) is 0 Å². The maximum atomic E-state index is 13.6. The minimum atomic E-state index is -3.09. The molecule has 2 saturated heterocycles. The third kappa shape index (κ3) is 19.6. The number of nitrogens with one attached hydrogen (secondary N) is 2. The van der Waals surface area contributed by atoms with Gasteiger partial charge in [-0.25, -0.2) is 19.8 Å². The van der Waals surface area contributed by atoms with Crippen LogP contribution in [0.1, 0.15) is 48.9 Å². The van der Waals surface area contributed by atoms with Gasteiger partial charge in [-0.3, -0.25) is 19.2 Å². The van der Waals surface area contributed by atoms with Crippen molar-refractivity contribution in [2.75, 3.05) is 26.4 Å². The van der Waals surface area contributed by atoms with E-state index in [1.165, 1.54) is 74.5 Å². The Hall–Kier alpha value is -7.04. The standard InChI is InChI=1S/C62H82N4O28/c1-3-39(69)47(75)53(81)57(85)65(27-35-11-7-5-8-12-35)93-59-61(87,55(83)51(79)43(29-67)91-59)63-45(73)25-19-33-15-21-37(22-16-33)89-31-41(71)49(77)50(78)42(72)32-90-38-23-17-34(18-24-38)20-26-46(74)64-62(88)56(84)52(80)44(30-68)92-60(62)94-66(28-36-13-9-6-10-14-36)58(86)54(82)48(76)40(70)4-2/h5-26,39-44,47-56,59-60,67-72,75-84,87-88H,3-4,27-32H2,1-2H3,(H,63,73)(H,64,74)/b25-19+,26-20+/t39-,40-,41-,42+,43-,44-,47+,48+,49+,50-,51-,52-,53+,54+,55+,56+,59-,60-,61+,62+/m1/s1. The van der Waals surface area contributed by atoms with Crippen molar-refractivity contribution in [1.82, 2.24) is 20.8 Å². The topological polar surface area (TPSA) is 518 Å². The first-order valence-electron chi connectivity index (χ1n) is 29.6. The van der Waals surface area contributed by atoms with Crippen LogP contribution >= 0.6 is 0 Å². The van der Waals surface area contributed by atoms with E-state index in [-0.39, 0.29) is 24.3 Å². The fraction of sp³-hybridized carbons (Fsp3) is 0.484. The van der Waals surface area contributed by atoms with Gasteiger partial charge in [-0.1, -0.05) is 98.8 Å². The summed E-state index contributed by atoms with van der Waals surface area (Å²) < 4.78 is 22.1. The maximum absolute atomic E-state index is 13.6. The maximum Gasteiger partial charge on any atom is 0.278 e. The van der Waals surface area contributed by atoms with Crippen molar-refractivity contribution < 1.29 is 140 Å². The molecule has 0 bridgehead atoms. The molecule has 32 heteroatoms. The Kier molecular flexibility index (Phi) is 28.4. The summed E-state index contributed by atoms with van der Waals surface area (Å²) in [4.78, 5) is 65.2. The Labute approximate surface area is 537 Å². The Morgan fingerprint density at radius 2 is 0.830 bits per heavy atom. The van der Waals surface area contributed by atoms with Crippen LogP contribution in [0.15, 0.2) is 121 Å². The fourth-order valence-electron chi connectivity index (χ4n) is 9.41. The van der Waals surface area contributed by atoms with Gasteiger partial charge in [0.05, 0.1) is 38.5 Å². The molecule has 0 aliphatic carbocycles. The van der Waals surface area contributed by atoms with E-state index in [0.717, 1.165) is 12.2 Å². The Morgan fingerprint density at radius 3 is 1.14 bits per heavy atom. The van der Waals surface area contributed by atoms with Gasteiger partial charge in [0.1, 0.15) is 98.0 Å².